The van der Waals surface area contributed by atoms with Gasteiger partial charge >= 0.3 is 0 Å². The minimum Gasteiger partial charge on any atom is -0.388 e. The summed E-state index contributed by atoms with van der Waals surface area (Å²) in [4.78, 5) is 8.83. The van der Waals surface area contributed by atoms with Crippen LogP contribution in [-0.4, -0.2) is 35.5 Å². The summed E-state index contributed by atoms with van der Waals surface area (Å²) >= 11 is 0. The molecule has 0 aliphatic heterocycles. The molecule has 9 heteroatoms. The number of H-pyrrole nitrogens is 1. The van der Waals surface area contributed by atoms with Gasteiger partial charge in [0.05, 0.1) is 22.6 Å². The van der Waals surface area contributed by atoms with Gasteiger partial charge in [-0.05, 0) is 42.3 Å². The normalized spacial score (nSPS) is 12.2. The number of nitrogens with zero attached hydrogens (tertiary/aromatic N) is 5. The molecule has 0 saturated carbocycles. The number of aliphatic hydroxyl groups excluding tert-OH is 1. The minimum atomic E-state index is -0.680. The number of rotatable bonds is 6. The van der Waals surface area contributed by atoms with E-state index in [9.17, 15) is 8.78 Å². The second-order valence-corrected chi connectivity index (χ2v) is 7.02. The van der Waals surface area contributed by atoms with Gasteiger partial charge < -0.3 is 5.11 Å². The molecule has 0 bridgehead atoms. The Morgan fingerprint density at radius 3 is 2.42 bits per heavy atom. The van der Waals surface area contributed by atoms with E-state index in [1.54, 1.807) is 12.1 Å². The molecule has 1 atom stereocenters. The van der Waals surface area contributed by atoms with Crippen LogP contribution in [0.1, 0.15) is 42.5 Å². The number of halogens is 2. The number of aryl methyl sites for hydroxylation is 1. The van der Waals surface area contributed by atoms with Crippen LogP contribution in [0.15, 0.2) is 42.5 Å². The van der Waals surface area contributed by atoms with E-state index < -0.39 is 11.6 Å². The lowest BCUT2D eigenvalue weighted by Crippen LogP contribution is -2.09. The van der Waals surface area contributed by atoms with Crippen molar-refractivity contribution in [3.8, 4) is 22.8 Å². The van der Waals surface area contributed by atoms with Crippen LogP contribution in [0.2, 0.25) is 0 Å². The van der Waals surface area contributed by atoms with Crippen LogP contribution in [0.3, 0.4) is 0 Å². The average molecular weight is 422 g/mol. The number of nitrogens with one attached hydrogen (secondary N) is 1. The maximum Gasteiger partial charge on any atom is 0.199 e. The Bertz CT molecular complexity index is 1210. The molecule has 3 aromatic heterocycles. The predicted molar refractivity (Wildman–Crippen MR) is 110 cm³/mol. The van der Waals surface area contributed by atoms with Gasteiger partial charge in [-0.1, -0.05) is 26.0 Å². The number of aromatic amines is 1. The van der Waals surface area contributed by atoms with E-state index in [1.807, 2.05) is 26.0 Å². The van der Waals surface area contributed by atoms with Crippen LogP contribution in [0.25, 0.3) is 22.8 Å². The van der Waals surface area contributed by atoms with Crippen molar-refractivity contribution in [2.75, 3.05) is 0 Å². The van der Waals surface area contributed by atoms with E-state index in [1.165, 1.54) is 18.2 Å². The van der Waals surface area contributed by atoms with Crippen molar-refractivity contribution >= 4 is 0 Å². The zero-order valence-electron chi connectivity index (χ0n) is 17.0. The quantitative estimate of drug-likeness (QED) is 0.490. The molecule has 7 nitrogen and oxygen atoms in total. The van der Waals surface area contributed by atoms with Crippen LogP contribution >= 0.6 is 0 Å². The largest absolute Gasteiger partial charge is 0.388 e. The highest BCUT2D eigenvalue weighted by molar-refractivity contribution is 5.61. The van der Waals surface area contributed by atoms with Crippen molar-refractivity contribution in [2.45, 2.75) is 32.8 Å². The third kappa shape index (κ3) is 4.04. The summed E-state index contributed by atoms with van der Waals surface area (Å²) < 4.78 is 28.4. The lowest BCUT2D eigenvalue weighted by Gasteiger charge is -2.15. The molecule has 4 rings (SSSR count). The fourth-order valence-electron chi connectivity index (χ4n) is 3.39. The number of hydrogen-bond donors (Lipinski definition) is 2. The first-order valence-electron chi connectivity index (χ1n) is 9.82. The molecule has 1 aromatic carbocycles. The third-order valence-corrected chi connectivity index (χ3v) is 5.04. The molecule has 0 aliphatic rings. The molecule has 0 spiro atoms. The van der Waals surface area contributed by atoms with Crippen molar-refractivity contribution in [1.82, 2.24) is 30.4 Å². The maximum absolute atomic E-state index is 14.2. The second-order valence-electron chi connectivity index (χ2n) is 7.02. The SMILES string of the molecule is CCc1cc(-c2c(F)cccc2F)nnc1C(C)c1cccc(-c2n[nH]c(CO)n2)n1. The van der Waals surface area contributed by atoms with Crippen molar-refractivity contribution < 1.29 is 13.9 Å². The minimum absolute atomic E-state index is 0.155. The Kier molecular flexibility index (Phi) is 5.77. The first kappa shape index (κ1) is 20.7. The molecule has 2 N–H and O–H groups in total. The van der Waals surface area contributed by atoms with Crippen LogP contribution in [-0.2, 0) is 13.0 Å². The molecule has 0 saturated heterocycles. The Morgan fingerprint density at radius 1 is 1.00 bits per heavy atom. The molecular formula is C22H20F2N6O. The number of benzene rings is 1. The first-order chi connectivity index (χ1) is 15.0. The Morgan fingerprint density at radius 2 is 1.74 bits per heavy atom. The maximum atomic E-state index is 14.2. The Hall–Kier alpha value is -3.59. The molecule has 158 valence electrons. The highest BCUT2D eigenvalue weighted by atomic mass is 19.1. The van der Waals surface area contributed by atoms with Gasteiger partial charge in [-0.3, -0.25) is 5.10 Å². The van der Waals surface area contributed by atoms with Crippen molar-refractivity contribution in [3.05, 3.63) is 76.9 Å². The Balaban J connectivity index is 1.70. The third-order valence-electron chi connectivity index (χ3n) is 5.04. The second kappa shape index (κ2) is 8.65. The van der Waals surface area contributed by atoms with Gasteiger partial charge in [0.15, 0.2) is 11.6 Å². The standard InChI is InChI=1S/C22H20F2N6O/c1-3-13-10-18(20-14(23)6-4-7-15(20)24)27-29-21(13)12(2)16-8-5-9-17(25-16)22-26-19(11-31)28-30-22/h4-10,12,31H,3,11H2,1-2H3,(H,26,28,30). The highest BCUT2D eigenvalue weighted by Gasteiger charge is 2.20. The smallest absolute Gasteiger partial charge is 0.199 e. The zero-order valence-corrected chi connectivity index (χ0v) is 17.0. The molecule has 0 amide bonds. The van der Waals surface area contributed by atoms with E-state index in [0.29, 0.717) is 29.5 Å². The van der Waals surface area contributed by atoms with Crippen LogP contribution in [0.5, 0.6) is 0 Å². The molecule has 0 fully saturated rings. The van der Waals surface area contributed by atoms with Gasteiger partial charge in [-0.15, -0.1) is 0 Å². The van der Waals surface area contributed by atoms with Crippen LogP contribution in [0.4, 0.5) is 8.78 Å². The van der Waals surface area contributed by atoms with E-state index in [0.717, 1.165) is 11.3 Å². The van der Waals surface area contributed by atoms with E-state index in [2.05, 4.69) is 30.4 Å². The summed E-state index contributed by atoms with van der Waals surface area (Å²) in [5, 5.41) is 24.3. The van der Waals surface area contributed by atoms with Crippen LogP contribution < -0.4 is 0 Å². The monoisotopic (exact) mass is 422 g/mol. The van der Waals surface area contributed by atoms with Gasteiger partial charge in [0, 0.05) is 5.92 Å². The van der Waals surface area contributed by atoms with Gasteiger partial charge in [-0.2, -0.15) is 15.3 Å². The molecule has 3 heterocycles. The summed E-state index contributed by atoms with van der Waals surface area (Å²) in [6.45, 7) is 3.64. The van der Waals surface area contributed by atoms with E-state index in [4.69, 9.17) is 5.11 Å². The van der Waals surface area contributed by atoms with Gasteiger partial charge in [0.2, 0.25) is 0 Å². The Labute approximate surface area is 177 Å². The lowest BCUT2D eigenvalue weighted by atomic mass is 9.96. The van der Waals surface area contributed by atoms with Crippen molar-refractivity contribution in [1.29, 1.82) is 0 Å². The first-order valence-corrected chi connectivity index (χ1v) is 9.82. The molecule has 0 radical (unpaired) electrons. The fraction of sp³-hybridized carbons (Fsp3) is 0.227. The summed E-state index contributed by atoms with van der Waals surface area (Å²) in [5.74, 6) is -0.852. The summed E-state index contributed by atoms with van der Waals surface area (Å²) in [6, 6.07) is 10.9. The number of aromatic nitrogens is 6. The summed E-state index contributed by atoms with van der Waals surface area (Å²) in [6.07, 6.45) is 0.610. The van der Waals surface area contributed by atoms with Gasteiger partial charge in [0.25, 0.3) is 0 Å². The van der Waals surface area contributed by atoms with Gasteiger partial charge in [-0.25, -0.2) is 18.7 Å². The lowest BCUT2D eigenvalue weighted by molar-refractivity contribution is 0.272. The fourth-order valence-corrected chi connectivity index (χ4v) is 3.39. The average Bonchev–Trinajstić information content (AvgIpc) is 3.28. The van der Waals surface area contributed by atoms with Crippen LogP contribution in [0, 0.1) is 11.6 Å². The molecule has 4 aromatic rings. The topological polar surface area (TPSA) is 100 Å². The van der Waals surface area contributed by atoms with E-state index in [-0.39, 0.29) is 23.8 Å². The molecule has 31 heavy (non-hydrogen) atoms. The zero-order chi connectivity index (χ0) is 22.0. The summed E-state index contributed by atoms with van der Waals surface area (Å²) in [7, 11) is 0. The number of pyridine rings is 1. The molecule has 0 aliphatic carbocycles. The summed E-state index contributed by atoms with van der Waals surface area (Å²) in [5.41, 5.74) is 2.75. The van der Waals surface area contributed by atoms with Crippen molar-refractivity contribution in [2.24, 2.45) is 0 Å². The molecular weight excluding hydrogens is 402 g/mol. The number of aliphatic hydroxyl groups is 1. The van der Waals surface area contributed by atoms with Crippen molar-refractivity contribution in [3.63, 3.8) is 0 Å². The van der Waals surface area contributed by atoms with E-state index >= 15 is 0 Å². The van der Waals surface area contributed by atoms with Gasteiger partial charge in [0.1, 0.15) is 23.9 Å². The number of hydrogen-bond acceptors (Lipinski definition) is 6. The predicted octanol–water partition coefficient (Wildman–Crippen LogP) is 3.81. The molecule has 1 unspecified atom stereocenters. The highest BCUT2D eigenvalue weighted by Crippen LogP contribution is 2.30.